The molecule has 6 nitrogen and oxygen atoms in total. The van der Waals surface area contributed by atoms with Crippen molar-refractivity contribution in [3.63, 3.8) is 0 Å². The minimum Gasteiger partial charge on any atom is -0.406 e. The van der Waals surface area contributed by atoms with E-state index < -0.39 is 34.3 Å². The van der Waals surface area contributed by atoms with E-state index in [1.165, 1.54) is 12.1 Å². The predicted molar refractivity (Wildman–Crippen MR) is 83.1 cm³/mol. The number of ether oxygens (including phenoxy) is 1. The first kappa shape index (κ1) is 21.1. The Labute approximate surface area is 138 Å². The number of benzene rings is 1. The standard InChI is InChI=1S/C13H20F3O6PSi/c1-24(2,3)8-7-20-23(18,19)22-12(17)10-5-4-6-11(9-10)21-13(14,15)16/h4-6,9,12,17H,7-8H2,1-3H3,(H,18,19). The first-order valence-corrected chi connectivity index (χ1v) is 12.2. The molecule has 11 heteroatoms. The maximum absolute atomic E-state index is 12.2. The van der Waals surface area contributed by atoms with Crippen LogP contribution in [0.3, 0.4) is 0 Å². The fraction of sp³-hybridized carbons (Fsp3) is 0.538. The van der Waals surface area contributed by atoms with Gasteiger partial charge in [0.15, 0.2) is 6.29 Å². The number of phosphoric acid groups is 1. The maximum atomic E-state index is 12.2. The molecule has 24 heavy (non-hydrogen) atoms. The molecule has 0 aliphatic carbocycles. The lowest BCUT2D eigenvalue weighted by atomic mass is 10.2. The minimum absolute atomic E-state index is 0.0204. The molecule has 0 heterocycles. The lowest BCUT2D eigenvalue weighted by Crippen LogP contribution is -2.21. The Morgan fingerprint density at radius 1 is 1.29 bits per heavy atom. The van der Waals surface area contributed by atoms with Crippen LogP contribution in [-0.2, 0) is 13.6 Å². The minimum atomic E-state index is -4.89. The van der Waals surface area contributed by atoms with E-state index in [4.69, 9.17) is 4.52 Å². The van der Waals surface area contributed by atoms with E-state index in [9.17, 15) is 27.7 Å². The molecule has 2 unspecified atom stereocenters. The lowest BCUT2D eigenvalue weighted by Gasteiger charge is -2.20. The van der Waals surface area contributed by atoms with Crippen LogP contribution in [0.25, 0.3) is 0 Å². The SMILES string of the molecule is C[Si](C)(C)CCOP(=O)(O)OC(O)c1cccc(OC(F)(F)F)c1. The van der Waals surface area contributed by atoms with Crippen LogP contribution in [0.2, 0.25) is 25.7 Å². The van der Waals surface area contributed by atoms with Crippen molar-refractivity contribution in [3.05, 3.63) is 29.8 Å². The van der Waals surface area contributed by atoms with Crippen molar-refractivity contribution in [2.75, 3.05) is 6.61 Å². The van der Waals surface area contributed by atoms with Gasteiger partial charge in [-0.3, -0.25) is 9.05 Å². The second-order valence-corrected chi connectivity index (χ2v) is 13.2. The summed E-state index contributed by atoms with van der Waals surface area (Å²) >= 11 is 0. The highest BCUT2D eigenvalue weighted by atomic mass is 31.2. The maximum Gasteiger partial charge on any atom is 0.573 e. The van der Waals surface area contributed by atoms with Crippen molar-refractivity contribution >= 4 is 15.9 Å². The van der Waals surface area contributed by atoms with Gasteiger partial charge >= 0.3 is 14.2 Å². The zero-order valence-corrected chi connectivity index (χ0v) is 15.3. The number of alkyl halides is 3. The highest BCUT2D eigenvalue weighted by molar-refractivity contribution is 7.47. The molecule has 0 aliphatic heterocycles. The highest BCUT2D eigenvalue weighted by Crippen LogP contribution is 2.47. The predicted octanol–water partition coefficient (Wildman–Crippen LogP) is 4.05. The fourth-order valence-corrected chi connectivity index (χ4v) is 3.19. The summed E-state index contributed by atoms with van der Waals surface area (Å²) in [5.74, 6) is -0.588. The molecule has 1 aromatic rings. The summed E-state index contributed by atoms with van der Waals surface area (Å²) in [5, 5.41) is 9.78. The van der Waals surface area contributed by atoms with Gasteiger partial charge in [-0.1, -0.05) is 31.8 Å². The topological polar surface area (TPSA) is 85.2 Å². The Hall–Kier alpha value is -0.903. The third-order valence-corrected chi connectivity index (χ3v) is 5.40. The molecule has 0 aliphatic rings. The van der Waals surface area contributed by atoms with Crippen molar-refractivity contribution in [2.24, 2.45) is 0 Å². The molecular weight excluding hydrogens is 368 g/mol. The smallest absolute Gasteiger partial charge is 0.406 e. The molecule has 138 valence electrons. The molecule has 0 amide bonds. The van der Waals surface area contributed by atoms with Crippen molar-refractivity contribution in [1.82, 2.24) is 0 Å². The van der Waals surface area contributed by atoms with Gasteiger partial charge in [0, 0.05) is 13.6 Å². The molecule has 0 saturated heterocycles. The molecule has 0 spiro atoms. The summed E-state index contributed by atoms with van der Waals surface area (Å²) in [7, 11) is -6.04. The summed E-state index contributed by atoms with van der Waals surface area (Å²) < 4.78 is 61.3. The van der Waals surface area contributed by atoms with Gasteiger partial charge < -0.3 is 14.7 Å². The van der Waals surface area contributed by atoms with Crippen LogP contribution in [0.5, 0.6) is 5.75 Å². The normalized spacial score (nSPS) is 16.5. The molecule has 0 fully saturated rings. The van der Waals surface area contributed by atoms with Crippen LogP contribution >= 0.6 is 7.82 Å². The second kappa shape index (κ2) is 7.98. The number of aliphatic hydroxyl groups excluding tert-OH is 1. The van der Waals surface area contributed by atoms with Crippen LogP contribution < -0.4 is 4.74 Å². The number of rotatable bonds is 8. The van der Waals surface area contributed by atoms with Crippen molar-refractivity contribution in [2.45, 2.75) is 38.3 Å². The van der Waals surface area contributed by atoms with E-state index in [2.05, 4.69) is 9.26 Å². The van der Waals surface area contributed by atoms with Gasteiger partial charge in [0.05, 0.1) is 6.61 Å². The third-order valence-electron chi connectivity index (χ3n) is 2.72. The number of hydrogen-bond donors (Lipinski definition) is 2. The molecule has 2 N–H and O–H groups in total. The second-order valence-electron chi connectivity index (χ2n) is 6.19. The number of halogens is 3. The quantitative estimate of drug-likeness (QED) is 0.397. The molecule has 1 rings (SSSR count). The Kier molecular flexibility index (Phi) is 7.03. The van der Waals surface area contributed by atoms with E-state index in [-0.39, 0.29) is 12.2 Å². The van der Waals surface area contributed by atoms with E-state index in [1.54, 1.807) is 0 Å². The van der Waals surface area contributed by atoms with Gasteiger partial charge in [-0.15, -0.1) is 13.2 Å². The van der Waals surface area contributed by atoms with E-state index in [1.807, 2.05) is 19.6 Å². The summed E-state index contributed by atoms with van der Waals surface area (Å²) in [5.41, 5.74) is -0.181. The molecule has 0 bridgehead atoms. The summed E-state index contributed by atoms with van der Waals surface area (Å²) in [4.78, 5) is 9.55. The lowest BCUT2D eigenvalue weighted by molar-refractivity contribution is -0.274. The van der Waals surface area contributed by atoms with Crippen molar-refractivity contribution in [1.29, 1.82) is 0 Å². The van der Waals surface area contributed by atoms with Crippen LogP contribution in [0.15, 0.2) is 24.3 Å². The van der Waals surface area contributed by atoms with Gasteiger partial charge in [0.25, 0.3) is 0 Å². The number of phosphoric ester groups is 1. The zero-order chi connectivity index (χ0) is 18.6. The average molecular weight is 388 g/mol. The highest BCUT2D eigenvalue weighted by Gasteiger charge is 2.32. The molecule has 0 aromatic heterocycles. The van der Waals surface area contributed by atoms with Gasteiger partial charge in [0.2, 0.25) is 0 Å². The first-order valence-electron chi connectivity index (χ1n) is 6.97. The molecule has 0 radical (unpaired) electrons. The largest absolute Gasteiger partial charge is 0.573 e. The third kappa shape index (κ3) is 8.81. The summed E-state index contributed by atoms with van der Waals surface area (Å²) in [6, 6.07) is 4.87. The monoisotopic (exact) mass is 388 g/mol. The fourth-order valence-electron chi connectivity index (χ4n) is 1.55. The number of aliphatic hydroxyl groups is 1. The van der Waals surface area contributed by atoms with Gasteiger partial charge in [-0.2, -0.15) is 0 Å². The molecular formula is C13H20F3O6PSi. The molecule has 2 atom stereocenters. The Morgan fingerprint density at radius 3 is 2.46 bits per heavy atom. The van der Waals surface area contributed by atoms with Crippen molar-refractivity contribution in [3.8, 4) is 5.75 Å². The number of hydrogen-bond acceptors (Lipinski definition) is 5. The Morgan fingerprint density at radius 2 is 1.92 bits per heavy atom. The van der Waals surface area contributed by atoms with Crippen LogP contribution in [0.4, 0.5) is 13.2 Å². The molecule has 1 aromatic carbocycles. The van der Waals surface area contributed by atoms with Crippen LogP contribution in [-0.4, -0.2) is 31.0 Å². The summed E-state index contributed by atoms with van der Waals surface area (Å²) in [6.45, 7) is 6.11. The Balaban J connectivity index is 2.68. The average Bonchev–Trinajstić information content (AvgIpc) is 2.34. The Bertz CT molecular complexity index is 590. The van der Waals surface area contributed by atoms with E-state index >= 15 is 0 Å². The van der Waals surface area contributed by atoms with Crippen LogP contribution in [0.1, 0.15) is 11.9 Å². The van der Waals surface area contributed by atoms with Gasteiger partial charge in [-0.05, 0) is 18.2 Å². The van der Waals surface area contributed by atoms with Crippen LogP contribution in [0, 0.1) is 0 Å². The van der Waals surface area contributed by atoms with Gasteiger partial charge in [0.1, 0.15) is 5.75 Å². The van der Waals surface area contributed by atoms with Crippen molar-refractivity contribution < 1.29 is 41.5 Å². The molecule has 0 saturated carbocycles. The van der Waals surface area contributed by atoms with E-state index in [0.717, 1.165) is 12.1 Å². The van der Waals surface area contributed by atoms with E-state index in [0.29, 0.717) is 6.04 Å². The first-order chi connectivity index (χ1) is 10.8. The zero-order valence-electron chi connectivity index (χ0n) is 13.4. The summed E-state index contributed by atoms with van der Waals surface area (Å²) in [6.07, 6.45) is -6.83. The van der Waals surface area contributed by atoms with Gasteiger partial charge in [-0.25, -0.2) is 4.57 Å².